The summed E-state index contributed by atoms with van der Waals surface area (Å²) >= 11 is 0. The van der Waals surface area contributed by atoms with Gasteiger partial charge in [-0.15, -0.1) is 0 Å². The van der Waals surface area contributed by atoms with Crippen LogP contribution in [0.4, 0.5) is 16.2 Å². The maximum Gasteiger partial charge on any atom is 0.224 e. The molecule has 0 spiro atoms. The van der Waals surface area contributed by atoms with Crippen molar-refractivity contribution >= 4 is 11.8 Å². The SMILES string of the molecule is CCNc1ncc(F)c(NCCCC2CCCC2)n1. The second-order valence-corrected chi connectivity index (χ2v) is 5.14. The van der Waals surface area contributed by atoms with Gasteiger partial charge in [-0.2, -0.15) is 4.98 Å². The van der Waals surface area contributed by atoms with E-state index in [0.717, 1.165) is 25.4 Å². The first-order chi connectivity index (χ1) is 9.29. The molecule has 0 amide bonds. The van der Waals surface area contributed by atoms with E-state index >= 15 is 0 Å². The molecule has 4 nitrogen and oxygen atoms in total. The lowest BCUT2D eigenvalue weighted by molar-refractivity contribution is 0.490. The summed E-state index contributed by atoms with van der Waals surface area (Å²) in [4.78, 5) is 8.01. The highest BCUT2D eigenvalue weighted by Crippen LogP contribution is 2.28. The molecule has 2 rings (SSSR count). The van der Waals surface area contributed by atoms with E-state index in [4.69, 9.17) is 0 Å². The third kappa shape index (κ3) is 4.33. The smallest absolute Gasteiger partial charge is 0.224 e. The number of nitrogens with one attached hydrogen (secondary N) is 2. The van der Waals surface area contributed by atoms with Crippen LogP contribution in [0.25, 0.3) is 0 Å². The Morgan fingerprint density at radius 3 is 2.84 bits per heavy atom. The maximum absolute atomic E-state index is 13.5. The quantitative estimate of drug-likeness (QED) is 0.742. The number of hydrogen-bond acceptors (Lipinski definition) is 4. The molecule has 0 unspecified atom stereocenters. The van der Waals surface area contributed by atoms with Crippen LogP contribution in [0.3, 0.4) is 0 Å². The molecule has 0 atom stereocenters. The van der Waals surface area contributed by atoms with Gasteiger partial charge in [-0.25, -0.2) is 9.37 Å². The largest absolute Gasteiger partial charge is 0.367 e. The average Bonchev–Trinajstić information content (AvgIpc) is 2.91. The zero-order chi connectivity index (χ0) is 13.5. The van der Waals surface area contributed by atoms with Gasteiger partial charge in [0.15, 0.2) is 11.6 Å². The lowest BCUT2D eigenvalue weighted by atomic mass is 10.0. The van der Waals surface area contributed by atoms with Gasteiger partial charge >= 0.3 is 0 Å². The summed E-state index contributed by atoms with van der Waals surface area (Å²) in [5.41, 5.74) is 0. The molecule has 2 N–H and O–H groups in total. The minimum absolute atomic E-state index is 0.303. The molecule has 1 heterocycles. The Kier molecular flexibility index (Phi) is 5.36. The van der Waals surface area contributed by atoms with Crippen molar-refractivity contribution in [1.82, 2.24) is 9.97 Å². The molecule has 0 bridgehead atoms. The highest BCUT2D eigenvalue weighted by molar-refractivity contribution is 5.40. The molecular formula is C14H23FN4. The lowest BCUT2D eigenvalue weighted by Crippen LogP contribution is -2.10. The highest BCUT2D eigenvalue weighted by Gasteiger charge is 2.14. The molecule has 0 aromatic carbocycles. The van der Waals surface area contributed by atoms with Crippen LogP contribution in [-0.4, -0.2) is 23.1 Å². The molecule has 0 radical (unpaired) electrons. The van der Waals surface area contributed by atoms with Crippen LogP contribution in [0.1, 0.15) is 45.4 Å². The molecule has 1 fully saturated rings. The Morgan fingerprint density at radius 1 is 1.32 bits per heavy atom. The molecule has 5 heteroatoms. The van der Waals surface area contributed by atoms with Gasteiger partial charge in [0, 0.05) is 13.1 Å². The van der Waals surface area contributed by atoms with Gasteiger partial charge in [0.25, 0.3) is 0 Å². The first-order valence-electron chi connectivity index (χ1n) is 7.30. The molecule has 1 aliphatic rings. The van der Waals surface area contributed by atoms with Crippen molar-refractivity contribution in [2.75, 3.05) is 23.7 Å². The van der Waals surface area contributed by atoms with E-state index < -0.39 is 0 Å². The van der Waals surface area contributed by atoms with Gasteiger partial charge in [0.2, 0.25) is 5.95 Å². The van der Waals surface area contributed by atoms with Crippen molar-refractivity contribution in [2.24, 2.45) is 5.92 Å². The van der Waals surface area contributed by atoms with Crippen LogP contribution in [0.5, 0.6) is 0 Å². The summed E-state index contributed by atoms with van der Waals surface area (Å²) in [5.74, 6) is 1.27. The molecule has 19 heavy (non-hydrogen) atoms. The van der Waals surface area contributed by atoms with Crippen LogP contribution in [0.2, 0.25) is 0 Å². The molecule has 1 aliphatic carbocycles. The second kappa shape index (κ2) is 7.26. The standard InChI is InChI=1S/C14H23FN4/c1-2-16-14-18-10-12(15)13(19-14)17-9-5-8-11-6-3-4-7-11/h10-11H,2-9H2,1H3,(H2,16,17,18,19). The Labute approximate surface area is 114 Å². The van der Waals surface area contributed by atoms with Crippen LogP contribution >= 0.6 is 0 Å². The Morgan fingerprint density at radius 2 is 2.11 bits per heavy atom. The topological polar surface area (TPSA) is 49.8 Å². The Hall–Kier alpha value is -1.39. The van der Waals surface area contributed by atoms with Crippen molar-refractivity contribution in [2.45, 2.75) is 45.4 Å². The van der Waals surface area contributed by atoms with E-state index in [0.29, 0.717) is 11.8 Å². The summed E-state index contributed by atoms with van der Waals surface area (Å²) in [6.07, 6.45) is 9.02. The lowest BCUT2D eigenvalue weighted by Gasteiger charge is -2.10. The minimum atomic E-state index is -0.387. The number of rotatable bonds is 7. The fourth-order valence-corrected chi connectivity index (χ4v) is 2.63. The normalized spacial score (nSPS) is 15.7. The summed E-state index contributed by atoms with van der Waals surface area (Å²) in [6, 6.07) is 0. The molecule has 106 valence electrons. The fourth-order valence-electron chi connectivity index (χ4n) is 2.63. The third-order valence-electron chi connectivity index (χ3n) is 3.64. The number of nitrogens with zero attached hydrogens (tertiary/aromatic N) is 2. The van der Waals surface area contributed by atoms with Gasteiger partial charge in [-0.3, -0.25) is 0 Å². The summed E-state index contributed by atoms with van der Waals surface area (Å²) in [6.45, 7) is 3.46. The molecule has 1 saturated carbocycles. The van der Waals surface area contributed by atoms with Gasteiger partial charge in [-0.1, -0.05) is 25.7 Å². The van der Waals surface area contributed by atoms with Crippen LogP contribution in [0.15, 0.2) is 6.20 Å². The number of halogens is 1. The molecule has 1 aromatic heterocycles. The number of anilines is 2. The average molecular weight is 266 g/mol. The van der Waals surface area contributed by atoms with Crippen LogP contribution in [0, 0.1) is 11.7 Å². The summed E-state index contributed by atoms with van der Waals surface area (Å²) in [7, 11) is 0. The van der Waals surface area contributed by atoms with E-state index in [1.807, 2.05) is 6.92 Å². The van der Waals surface area contributed by atoms with E-state index in [-0.39, 0.29) is 5.82 Å². The maximum atomic E-state index is 13.5. The van der Waals surface area contributed by atoms with Crippen molar-refractivity contribution in [1.29, 1.82) is 0 Å². The van der Waals surface area contributed by atoms with E-state index in [1.54, 1.807) is 0 Å². The molecule has 0 saturated heterocycles. The highest BCUT2D eigenvalue weighted by atomic mass is 19.1. The Bertz CT molecular complexity index is 391. The first kappa shape index (κ1) is 14.0. The Balaban J connectivity index is 1.76. The predicted octanol–water partition coefficient (Wildman–Crippen LogP) is 3.43. The molecule has 1 aromatic rings. The van der Waals surface area contributed by atoms with Crippen molar-refractivity contribution in [3.8, 4) is 0 Å². The molecular weight excluding hydrogens is 243 g/mol. The fraction of sp³-hybridized carbons (Fsp3) is 0.714. The molecule has 0 aliphatic heterocycles. The zero-order valence-corrected chi connectivity index (χ0v) is 11.6. The number of aromatic nitrogens is 2. The van der Waals surface area contributed by atoms with Crippen LogP contribution < -0.4 is 10.6 Å². The van der Waals surface area contributed by atoms with Gasteiger partial charge in [0.1, 0.15) is 0 Å². The zero-order valence-electron chi connectivity index (χ0n) is 11.6. The van der Waals surface area contributed by atoms with E-state index in [9.17, 15) is 4.39 Å². The summed E-state index contributed by atoms with van der Waals surface area (Å²) in [5, 5.41) is 6.05. The van der Waals surface area contributed by atoms with Gasteiger partial charge in [0.05, 0.1) is 6.20 Å². The monoisotopic (exact) mass is 266 g/mol. The third-order valence-corrected chi connectivity index (χ3v) is 3.64. The summed E-state index contributed by atoms with van der Waals surface area (Å²) < 4.78 is 13.5. The van der Waals surface area contributed by atoms with E-state index in [2.05, 4.69) is 20.6 Å². The van der Waals surface area contributed by atoms with Crippen LogP contribution in [-0.2, 0) is 0 Å². The van der Waals surface area contributed by atoms with Gasteiger partial charge < -0.3 is 10.6 Å². The van der Waals surface area contributed by atoms with Crippen molar-refractivity contribution in [3.63, 3.8) is 0 Å². The second-order valence-electron chi connectivity index (χ2n) is 5.14. The van der Waals surface area contributed by atoms with Gasteiger partial charge in [-0.05, 0) is 25.7 Å². The van der Waals surface area contributed by atoms with E-state index in [1.165, 1.54) is 38.3 Å². The predicted molar refractivity (Wildman–Crippen MR) is 75.8 cm³/mol. The van der Waals surface area contributed by atoms with Crippen molar-refractivity contribution < 1.29 is 4.39 Å². The first-order valence-corrected chi connectivity index (χ1v) is 7.30. The van der Waals surface area contributed by atoms with Crippen molar-refractivity contribution in [3.05, 3.63) is 12.0 Å². The number of hydrogen-bond donors (Lipinski definition) is 2. The minimum Gasteiger partial charge on any atom is -0.367 e.